The van der Waals surface area contributed by atoms with Crippen LogP contribution in [-0.2, 0) is 4.79 Å². The van der Waals surface area contributed by atoms with Gasteiger partial charge in [0.2, 0.25) is 5.91 Å². The number of aryl methyl sites for hydroxylation is 1. The maximum absolute atomic E-state index is 12.1. The highest BCUT2D eigenvalue weighted by atomic mass is 16.3. The number of aliphatic hydroxyl groups excluding tert-OH is 1. The predicted molar refractivity (Wildman–Crippen MR) is 92.8 cm³/mol. The second-order valence-electron chi connectivity index (χ2n) is 6.45. The van der Waals surface area contributed by atoms with E-state index in [4.69, 9.17) is 0 Å². The van der Waals surface area contributed by atoms with Gasteiger partial charge in [0, 0.05) is 5.69 Å². The van der Waals surface area contributed by atoms with E-state index in [1.165, 1.54) is 0 Å². The van der Waals surface area contributed by atoms with Crippen molar-refractivity contribution in [2.45, 2.75) is 46.1 Å². The molecule has 3 nitrogen and oxygen atoms in total. The van der Waals surface area contributed by atoms with Gasteiger partial charge in [-0.1, -0.05) is 36.8 Å². The van der Waals surface area contributed by atoms with Gasteiger partial charge in [0.05, 0.1) is 5.92 Å². The Morgan fingerprint density at radius 2 is 1.91 bits per heavy atom. The molecule has 0 radical (unpaired) electrons. The molecule has 2 N–H and O–H groups in total. The summed E-state index contributed by atoms with van der Waals surface area (Å²) >= 11 is 0. The van der Waals surface area contributed by atoms with E-state index in [-0.39, 0.29) is 11.8 Å². The lowest BCUT2D eigenvalue weighted by molar-refractivity contribution is -0.117. The number of amides is 1. The first kappa shape index (κ1) is 15.8. The highest BCUT2D eigenvalue weighted by Gasteiger charge is 2.32. The van der Waals surface area contributed by atoms with Crippen LogP contribution in [0.15, 0.2) is 30.3 Å². The molecule has 0 aliphatic carbocycles. The third-order valence-electron chi connectivity index (χ3n) is 4.97. The molecule has 1 aliphatic rings. The van der Waals surface area contributed by atoms with Crippen molar-refractivity contribution < 1.29 is 9.90 Å². The van der Waals surface area contributed by atoms with E-state index >= 15 is 0 Å². The summed E-state index contributed by atoms with van der Waals surface area (Å²) in [6.07, 6.45) is 0.0912. The van der Waals surface area contributed by atoms with E-state index in [2.05, 4.69) is 5.32 Å². The Hall–Kier alpha value is -2.13. The number of hydrogen-bond donors (Lipinski definition) is 2. The van der Waals surface area contributed by atoms with Crippen molar-refractivity contribution in [3.8, 4) is 0 Å². The molecule has 2 unspecified atom stereocenters. The zero-order chi connectivity index (χ0) is 16.7. The molecule has 1 amide bonds. The van der Waals surface area contributed by atoms with Gasteiger partial charge in [-0.25, -0.2) is 0 Å². The minimum Gasteiger partial charge on any atom is -0.384 e. The molecule has 2 atom stereocenters. The van der Waals surface area contributed by atoms with Crippen LogP contribution in [0.25, 0.3) is 0 Å². The maximum Gasteiger partial charge on any atom is 0.232 e. The number of rotatable bonds is 3. The Morgan fingerprint density at radius 3 is 2.57 bits per heavy atom. The summed E-state index contributed by atoms with van der Waals surface area (Å²) in [5.74, 6) is -0.0556. The van der Waals surface area contributed by atoms with E-state index in [0.29, 0.717) is 0 Å². The van der Waals surface area contributed by atoms with Crippen LogP contribution in [0.1, 0.15) is 58.7 Å². The largest absolute Gasteiger partial charge is 0.384 e. The third-order valence-corrected chi connectivity index (χ3v) is 4.97. The molecule has 120 valence electrons. The van der Waals surface area contributed by atoms with Crippen LogP contribution in [0.2, 0.25) is 0 Å². The molecule has 2 aromatic carbocycles. The lowest BCUT2D eigenvalue weighted by atomic mass is 9.87. The quantitative estimate of drug-likeness (QED) is 0.895. The number of nitrogens with one attached hydrogen (secondary N) is 1. The molecular weight excluding hydrogens is 286 g/mol. The first-order valence-electron chi connectivity index (χ1n) is 8.13. The number of carbonyl (C=O) groups is 1. The van der Waals surface area contributed by atoms with Crippen LogP contribution in [0.3, 0.4) is 0 Å². The Kier molecular flexibility index (Phi) is 3.99. The van der Waals surface area contributed by atoms with Gasteiger partial charge in [0.1, 0.15) is 6.10 Å². The number of fused-ring (bicyclic) bond motifs is 1. The zero-order valence-corrected chi connectivity index (χ0v) is 14.1. The number of benzene rings is 2. The van der Waals surface area contributed by atoms with Crippen molar-refractivity contribution in [3.05, 3.63) is 63.7 Å². The topological polar surface area (TPSA) is 49.3 Å². The highest BCUT2D eigenvalue weighted by Crippen LogP contribution is 2.41. The van der Waals surface area contributed by atoms with E-state index in [1.807, 2.05) is 58.0 Å². The first-order valence-corrected chi connectivity index (χ1v) is 8.13. The van der Waals surface area contributed by atoms with Gasteiger partial charge in [-0.2, -0.15) is 0 Å². The average molecular weight is 309 g/mol. The minimum atomic E-state index is -0.674. The van der Waals surface area contributed by atoms with Gasteiger partial charge in [0.15, 0.2) is 0 Å². The Bertz CT molecular complexity index is 779. The maximum atomic E-state index is 12.1. The Morgan fingerprint density at radius 1 is 1.17 bits per heavy atom. The van der Waals surface area contributed by atoms with Crippen molar-refractivity contribution in [1.82, 2.24) is 0 Å². The van der Waals surface area contributed by atoms with Crippen LogP contribution >= 0.6 is 0 Å². The lowest BCUT2D eigenvalue weighted by Gasteiger charge is -2.19. The zero-order valence-electron chi connectivity index (χ0n) is 14.1. The Labute approximate surface area is 137 Å². The summed E-state index contributed by atoms with van der Waals surface area (Å²) in [7, 11) is 0. The predicted octanol–water partition coefficient (Wildman–Crippen LogP) is 4.14. The van der Waals surface area contributed by atoms with Gasteiger partial charge in [0.25, 0.3) is 0 Å². The van der Waals surface area contributed by atoms with Crippen molar-refractivity contribution >= 4 is 11.6 Å². The second-order valence-corrected chi connectivity index (χ2v) is 6.45. The number of carbonyl (C=O) groups excluding carboxylic acids is 1. The Balaban J connectivity index is 2.13. The monoisotopic (exact) mass is 309 g/mol. The lowest BCUT2D eigenvalue weighted by Crippen LogP contribution is -2.10. The van der Waals surface area contributed by atoms with E-state index < -0.39 is 6.10 Å². The highest BCUT2D eigenvalue weighted by molar-refractivity contribution is 6.04. The van der Waals surface area contributed by atoms with E-state index in [0.717, 1.165) is 45.5 Å². The van der Waals surface area contributed by atoms with Crippen molar-refractivity contribution in [2.75, 3.05) is 5.32 Å². The van der Waals surface area contributed by atoms with E-state index in [9.17, 15) is 9.90 Å². The van der Waals surface area contributed by atoms with Gasteiger partial charge < -0.3 is 10.4 Å². The SMILES string of the molecule is CCC1C(=O)Nc2c1cc(C(O)c1cccc(C)c1)c(C)c2C. The molecule has 3 heteroatoms. The second kappa shape index (κ2) is 5.82. The molecule has 2 aromatic rings. The van der Waals surface area contributed by atoms with Gasteiger partial charge in [-0.05, 0) is 61.1 Å². The van der Waals surface area contributed by atoms with Crippen LogP contribution in [0.4, 0.5) is 5.69 Å². The van der Waals surface area contributed by atoms with Gasteiger partial charge >= 0.3 is 0 Å². The summed E-state index contributed by atoms with van der Waals surface area (Å²) in [4.78, 5) is 12.1. The average Bonchev–Trinajstić information content (AvgIpc) is 2.85. The molecule has 0 bridgehead atoms. The number of hydrogen-bond acceptors (Lipinski definition) is 2. The first-order chi connectivity index (χ1) is 10.9. The van der Waals surface area contributed by atoms with Gasteiger partial charge in [-0.15, -0.1) is 0 Å². The summed E-state index contributed by atoms with van der Waals surface area (Å²) < 4.78 is 0. The molecule has 0 aromatic heterocycles. The standard InChI is InChI=1S/C20H23NO2/c1-5-15-17-10-16(12(3)13(4)18(17)21-20(15)23)19(22)14-8-6-7-11(2)9-14/h6-10,15,19,22H,5H2,1-4H3,(H,21,23). The molecule has 0 saturated heterocycles. The van der Waals surface area contributed by atoms with Crippen LogP contribution < -0.4 is 5.32 Å². The summed E-state index contributed by atoms with van der Waals surface area (Å²) in [5.41, 5.74) is 6.94. The van der Waals surface area contributed by atoms with Crippen LogP contribution in [0.5, 0.6) is 0 Å². The summed E-state index contributed by atoms with van der Waals surface area (Å²) in [5, 5.41) is 13.9. The molecule has 23 heavy (non-hydrogen) atoms. The minimum absolute atomic E-state index is 0.0622. The van der Waals surface area contributed by atoms with Crippen LogP contribution in [0, 0.1) is 20.8 Å². The van der Waals surface area contributed by atoms with Crippen molar-refractivity contribution in [1.29, 1.82) is 0 Å². The molecule has 0 fully saturated rings. The molecule has 3 rings (SSSR count). The number of anilines is 1. The molecule has 1 aliphatic heterocycles. The smallest absolute Gasteiger partial charge is 0.232 e. The van der Waals surface area contributed by atoms with E-state index in [1.54, 1.807) is 0 Å². The molecule has 0 saturated carbocycles. The van der Waals surface area contributed by atoms with Crippen molar-refractivity contribution in [3.63, 3.8) is 0 Å². The third kappa shape index (κ3) is 2.55. The molecular formula is C20H23NO2. The number of aliphatic hydroxyl groups is 1. The fourth-order valence-corrected chi connectivity index (χ4v) is 3.47. The summed E-state index contributed by atoms with van der Waals surface area (Å²) in [6, 6.07) is 9.95. The fraction of sp³-hybridized carbons (Fsp3) is 0.350. The summed E-state index contributed by atoms with van der Waals surface area (Å²) in [6.45, 7) is 8.06. The molecule has 1 heterocycles. The van der Waals surface area contributed by atoms with Crippen LogP contribution in [-0.4, -0.2) is 11.0 Å². The van der Waals surface area contributed by atoms with Gasteiger partial charge in [-0.3, -0.25) is 4.79 Å². The fourth-order valence-electron chi connectivity index (χ4n) is 3.47. The molecule has 0 spiro atoms. The van der Waals surface area contributed by atoms with Crippen molar-refractivity contribution in [2.24, 2.45) is 0 Å². The normalized spacial score (nSPS) is 17.8.